The molecule has 2 saturated heterocycles. The molecule has 3 fully saturated rings. The SMILES string of the molecule is CNC(C)[C@@H]1CC[C@@H](N)[C@@H](O[C@H]2[C@@H](O)[C@@H](O[C@H]3OC[C@](C)(O)[C@H](NC)[C@@H]3O)[C@H](NC(=O)CCC(C)(C)C(C)O)C[C@@H]2N)O1. The zero-order valence-electron chi connectivity index (χ0n) is 26.7. The third kappa shape index (κ3) is 8.83. The summed E-state index contributed by atoms with van der Waals surface area (Å²) in [6.45, 7) is 8.86. The van der Waals surface area contributed by atoms with E-state index in [0.717, 1.165) is 6.42 Å². The van der Waals surface area contributed by atoms with Crippen molar-refractivity contribution < 1.29 is 44.2 Å². The van der Waals surface area contributed by atoms with Crippen molar-refractivity contribution in [2.24, 2.45) is 16.9 Å². The number of hydrogen-bond donors (Lipinski definition) is 9. The van der Waals surface area contributed by atoms with Crippen LogP contribution in [0.5, 0.6) is 0 Å². The van der Waals surface area contributed by atoms with Crippen molar-refractivity contribution in [1.29, 1.82) is 0 Å². The van der Waals surface area contributed by atoms with Crippen molar-refractivity contribution in [2.45, 2.75) is 152 Å². The maximum absolute atomic E-state index is 13.1. The van der Waals surface area contributed by atoms with Crippen molar-refractivity contribution in [3.05, 3.63) is 0 Å². The molecule has 14 nitrogen and oxygen atoms in total. The van der Waals surface area contributed by atoms with Crippen LogP contribution in [-0.4, -0.2) is 132 Å². The van der Waals surface area contributed by atoms with Crippen LogP contribution in [0.4, 0.5) is 0 Å². The van der Waals surface area contributed by atoms with E-state index in [0.29, 0.717) is 12.8 Å². The Morgan fingerprint density at radius 2 is 1.72 bits per heavy atom. The predicted molar refractivity (Wildman–Crippen MR) is 159 cm³/mol. The first-order valence-electron chi connectivity index (χ1n) is 15.5. The highest BCUT2D eigenvalue weighted by Gasteiger charge is 2.52. The second-order valence-electron chi connectivity index (χ2n) is 13.6. The van der Waals surface area contributed by atoms with E-state index in [1.54, 1.807) is 20.9 Å². The van der Waals surface area contributed by atoms with Crippen LogP contribution in [0.1, 0.15) is 66.7 Å². The molecule has 2 aliphatic heterocycles. The molecule has 0 radical (unpaired) electrons. The van der Waals surface area contributed by atoms with Gasteiger partial charge in [-0.1, -0.05) is 13.8 Å². The van der Waals surface area contributed by atoms with Gasteiger partial charge in [-0.3, -0.25) is 4.79 Å². The average Bonchev–Trinajstić information content (AvgIpc) is 2.93. The summed E-state index contributed by atoms with van der Waals surface area (Å²) in [4.78, 5) is 13.1. The lowest BCUT2D eigenvalue weighted by Crippen LogP contribution is -2.69. The van der Waals surface area contributed by atoms with Gasteiger partial charge in [-0.15, -0.1) is 0 Å². The maximum Gasteiger partial charge on any atom is 0.220 e. The molecule has 1 amide bonds. The van der Waals surface area contributed by atoms with Crippen LogP contribution in [0.2, 0.25) is 0 Å². The molecule has 0 aromatic rings. The molecule has 0 aromatic carbocycles. The topological polar surface area (TPSA) is 223 Å². The normalized spacial score (nSPS) is 42.3. The summed E-state index contributed by atoms with van der Waals surface area (Å²) >= 11 is 0. The molecule has 252 valence electrons. The van der Waals surface area contributed by atoms with E-state index in [4.69, 9.17) is 30.4 Å². The van der Waals surface area contributed by atoms with Crippen molar-refractivity contribution in [2.75, 3.05) is 20.7 Å². The minimum absolute atomic E-state index is 0.0558. The van der Waals surface area contributed by atoms with Crippen molar-refractivity contribution in [3.8, 4) is 0 Å². The molecule has 0 spiro atoms. The maximum atomic E-state index is 13.1. The van der Waals surface area contributed by atoms with E-state index < -0.39 is 78.3 Å². The Labute approximate surface area is 255 Å². The zero-order valence-corrected chi connectivity index (χ0v) is 26.7. The molecular weight excluding hydrogens is 562 g/mol. The highest BCUT2D eigenvalue weighted by Crippen LogP contribution is 2.33. The number of nitrogens with one attached hydrogen (secondary N) is 3. The smallest absolute Gasteiger partial charge is 0.220 e. The zero-order chi connectivity index (χ0) is 32.3. The Kier molecular flexibility index (Phi) is 12.8. The van der Waals surface area contributed by atoms with Crippen LogP contribution in [0, 0.1) is 5.41 Å². The number of aliphatic hydroxyl groups is 4. The largest absolute Gasteiger partial charge is 0.393 e. The van der Waals surface area contributed by atoms with Gasteiger partial charge < -0.3 is 66.8 Å². The molecule has 43 heavy (non-hydrogen) atoms. The van der Waals surface area contributed by atoms with Gasteiger partial charge in [0.1, 0.15) is 30.0 Å². The summed E-state index contributed by atoms with van der Waals surface area (Å²) in [5.41, 5.74) is 11.1. The first-order valence-corrected chi connectivity index (χ1v) is 15.5. The number of carbonyl (C=O) groups excluding carboxylic acids is 1. The van der Waals surface area contributed by atoms with Gasteiger partial charge in [0, 0.05) is 18.5 Å². The minimum Gasteiger partial charge on any atom is -0.393 e. The minimum atomic E-state index is -1.37. The van der Waals surface area contributed by atoms with Crippen molar-refractivity contribution >= 4 is 5.91 Å². The third-order valence-electron chi connectivity index (χ3n) is 9.67. The van der Waals surface area contributed by atoms with Gasteiger partial charge in [0.15, 0.2) is 12.6 Å². The van der Waals surface area contributed by atoms with Crippen LogP contribution < -0.4 is 27.4 Å². The van der Waals surface area contributed by atoms with Gasteiger partial charge in [-0.25, -0.2) is 0 Å². The van der Waals surface area contributed by atoms with Crippen LogP contribution >= 0.6 is 0 Å². The molecular formula is C29H57N5O9. The molecule has 1 aliphatic carbocycles. The number of hydrogen-bond acceptors (Lipinski definition) is 13. The van der Waals surface area contributed by atoms with Gasteiger partial charge in [0.05, 0.1) is 36.9 Å². The highest BCUT2D eigenvalue weighted by molar-refractivity contribution is 5.76. The summed E-state index contributed by atoms with van der Waals surface area (Å²) < 4.78 is 24.3. The molecule has 3 aliphatic rings. The molecule has 3 rings (SSSR count). The first-order chi connectivity index (χ1) is 20.0. The van der Waals surface area contributed by atoms with Gasteiger partial charge >= 0.3 is 0 Å². The first kappa shape index (κ1) is 36.5. The summed E-state index contributed by atoms with van der Waals surface area (Å²) in [5, 5.41) is 52.5. The molecule has 14 atom stereocenters. The lowest BCUT2D eigenvalue weighted by atomic mass is 9.82. The van der Waals surface area contributed by atoms with Gasteiger partial charge in [-0.2, -0.15) is 0 Å². The van der Waals surface area contributed by atoms with Gasteiger partial charge in [0.25, 0.3) is 0 Å². The second kappa shape index (κ2) is 15.1. The summed E-state index contributed by atoms with van der Waals surface area (Å²) in [6.07, 6.45) is -5.34. The van der Waals surface area contributed by atoms with E-state index in [2.05, 4.69) is 16.0 Å². The standard InChI is InChI=1S/C29H57N5O9/c1-14(32-6)19-9-8-16(30)26(41-19)42-23-17(31)12-18(34-20(36)10-11-28(3,4)15(2)35)24(21(23)37)43-27-22(38)25(33-7)29(5,39)13-40-27/h14-19,21-27,32-33,35,37-39H,8-13,30-31H2,1-7H3,(H,34,36)/t14?,15?,16-,17+,18-,19+,21-,22+,23-,24+,25-,26-,27-,29+/m1/s1. The van der Waals surface area contributed by atoms with E-state index >= 15 is 0 Å². The number of nitrogens with two attached hydrogens (primary N) is 2. The second-order valence-corrected chi connectivity index (χ2v) is 13.6. The predicted octanol–water partition coefficient (Wildman–Crippen LogP) is -1.98. The number of rotatable bonds is 12. The number of amides is 1. The highest BCUT2D eigenvalue weighted by atomic mass is 16.7. The monoisotopic (exact) mass is 619 g/mol. The van der Waals surface area contributed by atoms with E-state index in [-0.39, 0.29) is 37.5 Å². The Morgan fingerprint density at radius 1 is 1.07 bits per heavy atom. The Morgan fingerprint density at radius 3 is 2.33 bits per heavy atom. The Bertz CT molecular complexity index is 896. The number of aliphatic hydroxyl groups excluding tert-OH is 3. The molecule has 2 heterocycles. The van der Waals surface area contributed by atoms with Gasteiger partial charge in [-0.05, 0) is 66.0 Å². The Balaban J connectivity index is 1.80. The van der Waals surface area contributed by atoms with Crippen LogP contribution in [-0.2, 0) is 23.7 Å². The van der Waals surface area contributed by atoms with E-state index in [1.807, 2.05) is 27.8 Å². The quantitative estimate of drug-likeness (QED) is 0.116. The molecule has 0 bridgehead atoms. The number of carbonyl (C=O) groups is 1. The summed E-state index contributed by atoms with van der Waals surface area (Å²) in [5.74, 6) is -0.297. The van der Waals surface area contributed by atoms with Gasteiger partial charge in [0.2, 0.25) is 5.91 Å². The molecule has 14 heteroatoms. The molecule has 2 unspecified atom stereocenters. The fraction of sp³-hybridized carbons (Fsp3) is 0.966. The third-order valence-corrected chi connectivity index (χ3v) is 9.67. The van der Waals surface area contributed by atoms with Crippen LogP contribution in [0.25, 0.3) is 0 Å². The number of ether oxygens (including phenoxy) is 4. The lowest BCUT2D eigenvalue weighted by Gasteiger charge is -2.49. The number of likely N-dealkylation sites (N-methyl/N-ethyl adjacent to an activating group) is 2. The van der Waals surface area contributed by atoms with E-state index in [1.165, 1.54) is 0 Å². The Hall–Kier alpha value is -1.01. The van der Waals surface area contributed by atoms with Crippen molar-refractivity contribution in [1.82, 2.24) is 16.0 Å². The van der Waals surface area contributed by atoms with Crippen molar-refractivity contribution in [3.63, 3.8) is 0 Å². The fourth-order valence-electron chi connectivity index (χ4n) is 6.06. The summed E-state index contributed by atoms with van der Waals surface area (Å²) in [7, 11) is 3.46. The molecule has 1 saturated carbocycles. The van der Waals surface area contributed by atoms with Crippen LogP contribution in [0.15, 0.2) is 0 Å². The molecule has 11 N–H and O–H groups in total. The molecule has 0 aromatic heterocycles. The lowest BCUT2D eigenvalue weighted by molar-refractivity contribution is -0.308. The average molecular weight is 620 g/mol. The van der Waals surface area contributed by atoms with Crippen LogP contribution in [0.3, 0.4) is 0 Å². The fourth-order valence-corrected chi connectivity index (χ4v) is 6.06. The van der Waals surface area contributed by atoms with E-state index in [9.17, 15) is 25.2 Å². The summed E-state index contributed by atoms with van der Waals surface area (Å²) in [6, 6.07) is -2.63.